The molecule has 6 nitrogen and oxygen atoms in total. The Morgan fingerprint density at radius 3 is 2.45 bits per heavy atom. The Hall–Kier alpha value is -2.57. The molecule has 0 radical (unpaired) electrons. The molecule has 0 saturated carbocycles. The zero-order chi connectivity index (χ0) is 21.0. The maximum absolute atomic E-state index is 13.7. The van der Waals surface area contributed by atoms with Crippen LogP contribution in [0.1, 0.15) is 42.5 Å². The lowest BCUT2D eigenvalue weighted by Gasteiger charge is -2.37. The van der Waals surface area contributed by atoms with Crippen LogP contribution in [0.2, 0.25) is 0 Å². The van der Waals surface area contributed by atoms with Crippen LogP contribution >= 0.6 is 0 Å². The van der Waals surface area contributed by atoms with E-state index in [9.17, 15) is 4.79 Å². The van der Waals surface area contributed by atoms with Crippen LogP contribution in [0.25, 0.3) is 0 Å². The van der Waals surface area contributed by atoms with Crippen LogP contribution < -0.4 is 9.47 Å². The summed E-state index contributed by atoms with van der Waals surface area (Å²) in [6.45, 7) is 4.79. The van der Waals surface area contributed by atoms with Crippen molar-refractivity contribution in [1.29, 1.82) is 0 Å². The molecule has 5 rings (SSSR count). The van der Waals surface area contributed by atoms with E-state index in [-0.39, 0.29) is 18.0 Å². The van der Waals surface area contributed by atoms with Crippen molar-refractivity contribution in [2.45, 2.75) is 31.3 Å². The van der Waals surface area contributed by atoms with Crippen LogP contribution in [0.3, 0.4) is 0 Å². The van der Waals surface area contributed by atoms with Crippen molar-refractivity contribution in [2.75, 3.05) is 46.1 Å². The molecule has 3 aliphatic heterocycles. The van der Waals surface area contributed by atoms with Gasteiger partial charge in [-0.2, -0.15) is 0 Å². The summed E-state index contributed by atoms with van der Waals surface area (Å²) in [7, 11) is 0. The van der Waals surface area contributed by atoms with E-state index in [0.29, 0.717) is 39.5 Å². The van der Waals surface area contributed by atoms with Gasteiger partial charge >= 0.3 is 0 Å². The summed E-state index contributed by atoms with van der Waals surface area (Å²) in [6, 6.07) is 16.4. The molecule has 2 saturated heterocycles. The minimum Gasteiger partial charge on any atom is -0.490 e. The summed E-state index contributed by atoms with van der Waals surface area (Å²) in [5, 5.41) is 0. The van der Waals surface area contributed by atoms with Gasteiger partial charge in [-0.3, -0.25) is 9.69 Å². The average molecular weight is 423 g/mol. The molecule has 2 fully saturated rings. The van der Waals surface area contributed by atoms with Crippen LogP contribution in [0.4, 0.5) is 0 Å². The number of fused-ring (bicyclic) bond motifs is 1. The smallest absolute Gasteiger partial charge is 0.244 e. The molecule has 1 amide bonds. The van der Waals surface area contributed by atoms with E-state index < -0.39 is 0 Å². The number of carbonyl (C=O) groups is 1. The van der Waals surface area contributed by atoms with Gasteiger partial charge in [-0.05, 0) is 42.6 Å². The summed E-state index contributed by atoms with van der Waals surface area (Å²) in [5.41, 5.74) is 2.25. The number of morpholine rings is 1. The first-order valence-corrected chi connectivity index (χ1v) is 11.4. The molecule has 2 aromatic carbocycles. The van der Waals surface area contributed by atoms with Crippen molar-refractivity contribution < 1.29 is 19.0 Å². The maximum atomic E-state index is 13.7. The Morgan fingerprint density at radius 2 is 1.65 bits per heavy atom. The number of hydrogen-bond donors (Lipinski definition) is 0. The average Bonchev–Trinajstić information content (AvgIpc) is 3.17. The van der Waals surface area contributed by atoms with E-state index in [0.717, 1.165) is 42.9 Å². The summed E-state index contributed by atoms with van der Waals surface area (Å²) in [6.07, 6.45) is 2.99. The highest BCUT2D eigenvalue weighted by atomic mass is 16.5. The van der Waals surface area contributed by atoms with Gasteiger partial charge < -0.3 is 19.1 Å². The van der Waals surface area contributed by atoms with Crippen molar-refractivity contribution in [2.24, 2.45) is 0 Å². The largest absolute Gasteiger partial charge is 0.490 e. The fourth-order valence-corrected chi connectivity index (χ4v) is 4.91. The number of ether oxygens (including phenoxy) is 3. The number of rotatable bonds is 4. The lowest BCUT2D eigenvalue weighted by molar-refractivity contribution is -0.142. The van der Waals surface area contributed by atoms with Crippen LogP contribution in [0, 0.1) is 0 Å². The maximum Gasteiger partial charge on any atom is 0.244 e. The fraction of sp³-hybridized carbons (Fsp3) is 0.480. The predicted octanol–water partition coefficient (Wildman–Crippen LogP) is 3.58. The van der Waals surface area contributed by atoms with Crippen LogP contribution in [0.5, 0.6) is 11.5 Å². The zero-order valence-corrected chi connectivity index (χ0v) is 17.9. The Balaban J connectivity index is 1.47. The van der Waals surface area contributed by atoms with Crippen LogP contribution in [-0.4, -0.2) is 61.8 Å². The SMILES string of the molecule is O=C([C@@H](c1ccccc1)N1CCC[C@H]1c1ccc2c(c1)OCCCO2)N1CCOCC1. The third-order valence-electron chi connectivity index (χ3n) is 6.45. The lowest BCUT2D eigenvalue weighted by Crippen LogP contribution is -2.47. The van der Waals surface area contributed by atoms with Crippen molar-refractivity contribution in [3.05, 3.63) is 59.7 Å². The Bertz CT molecular complexity index is 898. The van der Waals surface area contributed by atoms with Crippen molar-refractivity contribution >= 4 is 5.91 Å². The van der Waals surface area contributed by atoms with Gasteiger partial charge in [-0.1, -0.05) is 36.4 Å². The van der Waals surface area contributed by atoms with Crippen LogP contribution in [-0.2, 0) is 9.53 Å². The van der Waals surface area contributed by atoms with Gasteiger partial charge in [0.05, 0.1) is 26.4 Å². The third kappa shape index (κ3) is 4.27. The molecule has 2 aromatic rings. The number of amides is 1. The van der Waals surface area contributed by atoms with E-state index in [1.54, 1.807) is 0 Å². The monoisotopic (exact) mass is 422 g/mol. The third-order valence-corrected chi connectivity index (χ3v) is 6.45. The lowest BCUT2D eigenvalue weighted by atomic mass is 9.98. The van der Waals surface area contributed by atoms with Gasteiger partial charge in [0.25, 0.3) is 0 Å². The Labute approximate surface area is 183 Å². The minimum atomic E-state index is -0.289. The van der Waals surface area contributed by atoms with E-state index in [2.05, 4.69) is 29.2 Å². The first-order valence-electron chi connectivity index (χ1n) is 11.4. The van der Waals surface area contributed by atoms with Crippen molar-refractivity contribution in [3.63, 3.8) is 0 Å². The summed E-state index contributed by atoms with van der Waals surface area (Å²) < 4.78 is 17.2. The number of carbonyl (C=O) groups excluding carboxylic acids is 1. The molecule has 0 bridgehead atoms. The topological polar surface area (TPSA) is 51.2 Å². The van der Waals surface area contributed by atoms with Gasteiger partial charge in [-0.25, -0.2) is 0 Å². The normalized spacial score (nSPS) is 22.7. The standard InChI is InChI=1S/C25H30N2O4/c28-25(26-12-16-29-17-13-26)24(19-6-2-1-3-7-19)27-11-4-8-21(27)20-9-10-22-23(18-20)31-15-5-14-30-22/h1-3,6-7,9-10,18,21,24H,4-5,8,11-17H2/t21-,24+/m0/s1. The van der Waals surface area contributed by atoms with Gasteiger partial charge in [0, 0.05) is 25.6 Å². The van der Waals surface area contributed by atoms with Gasteiger partial charge in [0.1, 0.15) is 6.04 Å². The molecule has 0 aromatic heterocycles. The van der Waals surface area contributed by atoms with E-state index in [4.69, 9.17) is 14.2 Å². The second-order valence-electron chi connectivity index (χ2n) is 8.40. The second-order valence-corrected chi connectivity index (χ2v) is 8.40. The summed E-state index contributed by atoms with van der Waals surface area (Å²) in [5.74, 6) is 1.81. The first-order chi connectivity index (χ1) is 15.3. The molecule has 0 aliphatic carbocycles. The number of hydrogen-bond acceptors (Lipinski definition) is 5. The second kappa shape index (κ2) is 9.28. The number of nitrogens with zero attached hydrogens (tertiary/aromatic N) is 2. The molecular formula is C25H30N2O4. The fourth-order valence-electron chi connectivity index (χ4n) is 4.91. The first kappa shape index (κ1) is 20.3. The molecule has 0 N–H and O–H groups in total. The van der Waals surface area contributed by atoms with Crippen molar-refractivity contribution in [3.8, 4) is 11.5 Å². The molecule has 31 heavy (non-hydrogen) atoms. The number of likely N-dealkylation sites (tertiary alicyclic amines) is 1. The summed E-state index contributed by atoms with van der Waals surface area (Å²) >= 11 is 0. The molecule has 6 heteroatoms. The Kier molecular flexibility index (Phi) is 6.09. The molecule has 3 aliphatic rings. The molecular weight excluding hydrogens is 392 g/mol. The Morgan fingerprint density at radius 1 is 0.871 bits per heavy atom. The van der Waals surface area contributed by atoms with Crippen molar-refractivity contribution in [1.82, 2.24) is 9.80 Å². The zero-order valence-electron chi connectivity index (χ0n) is 17.9. The summed E-state index contributed by atoms with van der Waals surface area (Å²) in [4.78, 5) is 18.1. The minimum absolute atomic E-state index is 0.173. The molecule has 0 spiro atoms. The molecule has 3 heterocycles. The molecule has 2 atom stereocenters. The van der Waals surface area contributed by atoms with E-state index in [1.807, 2.05) is 29.2 Å². The van der Waals surface area contributed by atoms with Gasteiger partial charge in [0.15, 0.2) is 11.5 Å². The quantitative estimate of drug-likeness (QED) is 0.754. The highest BCUT2D eigenvalue weighted by Crippen LogP contribution is 2.42. The highest BCUT2D eigenvalue weighted by molar-refractivity contribution is 5.83. The number of benzene rings is 2. The highest BCUT2D eigenvalue weighted by Gasteiger charge is 2.39. The predicted molar refractivity (Wildman–Crippen MR) is 117 cm³/mol. The van der Waals surface area contributed by atoms with E-state index in [1.165, 1.54) is 5.56 Å². The van der Waals surface area contributed by atoms with Crippen LogP contribution in [0.15, 0.2) is 48.5 Å². The molecule has 164 valence electrons. The van der Waals surface area contributed by atoms with Gasteiger partial charge in [-0.15, -0.1) is 0 Å². The van der Waals surface area contributed by atoms with E-state index >= 15 is 0 Å². The molecule has 0 unspecified atom stereocenters. The van der Waals surface area contributed by atoms with Gasteiger partial charge in [0.2, 0.25) is 5.91 Å².